The van der Waals surface area contributed by atoms with Gasteiger partial charge >= 0.3 is 6.09 Å². The zero-order valence-corrected chi connectivity index (χ0v) is 16.8. The second kappa shape index (κ2) is 8.87. The third-order valence-electron chi connectivity index (χ3n) is 5.68. The van der Waals surface area contributed by atoms with Gasteiger partial charge < -0.3 is 31.1 Å². The molecular weight excluding hydrogens is 332 g/mol. The van der Waals surface area contributed by atoms with E-state index in [-0.39, 0.29) is 18.2 Å². The van der Waals surface area contributed by atoms with Crippen molar-refractivity contribution in [2.24, 2.45) is 5.73 Å². The first kappa shape index (κ1) is 21.4. The van der Waals surface area contributed by atoms with Crippen LogP contribution in [0.2, 0.25) is 0 Å². The number of hydrogen-bond acceptors (Lipinski definition) is 6. The molecule has 3 saturated heterocycles. The molecule has 7 nitrogen and oxygen atoms in total. The number of likely N-dealkylation sites (tertiary alicyclic amines) is 1. The molecule has 0 aliphatic carbocycles. The fourth-order valence-electron chi connectivity index (χ4n) is 3.74. The topological polar surface area (TPSA) is 99.9 Å². The number of nitrogens with zero attached hydrogens (tertiary/aromatic N) is 1. The molecule has 0 aromatic heterocycles. The van der Waals surface area contributed by atoms with Crippen LogP contribution in [0, 0.1) is 0 Å². The highest BCUT2D eigenvalue weighted by atomic mass is 16.6. The van der Waals surface area contributed by atoms with Crippen molar-refractivity contribution in [2.75, 3.05) is 39.3 Å². The Balaban J connectivity index is 0.000000223. The molecule has 0 atom stereocenters. The van der Waals surface area contributed by atoms with Crippen LogP contribution < -0.4 is 16.4 Å². The highest BCUT2D eigenvalue weighted by Gasteiger charge is 2.36. The Hall–Kier alpha value is -0.890. The molecule has 5 N–H and O–H groups in total. The summed E-state index contributed by atoms with van der Waals surface area (Å²) in [5.74, 6) is 0. The van der Waals surface area contributed by atoms with Crippen LogP contribution in [-0.2, 0) is 4.74 Å². The zero-order chi connectivity index (χ0) is 19.3. The Labute approximate surface area is 158 Å². The Bertz CT molecular complexity index is 444. The third-order valence-corrected chi connectivity index (χ3v) is 5.68. The summed E-state index contributed by atoms with van der Waals surface area (Å²) in [6.07, 6.45) is 5.84. The van der Waals surface area contributed by atoms with E-state index in [4.69, 9.17) is 15.6 Å². The summed E-state index contributed by atoms with van der Waals surface area (Å²) in [6, 6.07) is 0. The molecule has 0 aromatic carbocycles. The molecule has 3 heterocycles. The largest absolute Gasteiger partial charge is 0.444 e. The second-order valence-corrected chi connectivity index (χ2v) is 9.01. The molecule has 0 unspecified atom stereocenters. The zero-order valence-electron chi connectivity index (χ0n) is 16.8. The van der Waals surface area contributed by atoms with Gasteiger partial charge in [0.05, 0.1) is 0 Å². The molecule has 0 saturated carbocycles. The number of hydrogen-bond donors (Lipinski definition) is 4. The van der Waals surface area contributed by atoms with Crippen LogP contribution in [-0.4, -0.2) is 72.1 Å². The number of nitrogens with two attached hydrogens (primary N) is 1. The number of rotatable bonds is 2. The minimum atomic E-state index is -0.459. The fourth-order valence-corrected chi connectivity index (χ4v) is 3.74. The lowest BCUT2D eigenvalue weighted by molar-refractivity contribution is 0.0157. The SMILES string of the molecule is C1CC2(CCN1)CCN2.CC(C)(C)OC(=O)N1CCC(N)(CCO)CC1. The lowest BCUT2D eigenvalue weighted by Gasteiger charge is -2.46. The van der Waals surface area contributed by atoms with Crippen molar-refractivity contribution >= 4 is 6.09 Å². The highest BCUT2D eigenvalue weighted by Crippen LogP contribution is 2.27. The van der Waals surface area contributed by atoms with Crippen LogP contribution >= 0.6 is 0 Å². The van der Waals surface area contributed by atoms with Crippen molar-refractivity contribution in [3.8, 4) is 0 Å². The number of aliphatic hydroxyl groups excluding tert-OH is 1. The van der Waals surface area contributed by atoms with Gasteiger partial charge in [-0.25, -0.2) is 4.79 Å². The summed E-state index contributed by atoms with van der Waals surface area (Å²) >= 11 is 0. The molecule has 26 heavy (non-hydrogen) atoms. The maximum Gasteiger partial charge on any atom is 0.410 e. The van der Waals surface area contributed by atoms with Gasteiger partial charge in [-0.3, -0.25) is 0 Å². The Morgan fingerprint density at radius 2 is 1.69 bits per heavy atom. The lowest BCUT2D eigenvalue weighted by Crippen LogP contribution is -2.61. The number of carbonyl (C=O) groups is 1. The first-order chi connectivity index (χ1) is 12.2. The first-order valence-electron chi connectivity index (χ1n) is 10.0. The summed E-state index contributed by atoms with van der Waals surface area (Å²) in [5.41, 5.74) is 5.92. The van der Waals surface area contributed by atoms with Crippen LogP contribution in [0.15, 0.2) is 0 Å². The minimum absolute atomic E-state index is 0.100. The standard InChI is InChI=1S/C12H24N2O3.C7H14N2/c1-11(2,3)17-10(16)14-7-4-12(13,5-8-14)6-9-15;1-4-8-5-2-7(1)3-6-9-7/h15H,4-9,13H2,1-3H3;8-9H,1-6H2. The second-order valence-electron chi connectivity index (χ2n) is 9.01. The van der Waals surface area contributed by atoms with Crippen molar-refractivity contribution in [3.63, 3.8) is 0 Å². The number of amides is 1. The van der Waals surface area contributed by atoms with Crippen LogP contribution in [0.4, 0.5) is 4.79 Å². The van der Waals surface area contributed by atoms with Crippen LogP contribution in [0.1, 0.15) is 59.3 Å². The third kappa shape index (κ3) is 6.37. The van der Waals surface area contributed by atoms with Gasteiger partial charge in [0.1, 0.15) is 5.60 Å². The maximum absolute atomic E-state index is 11.8. The van der Waals surface area contributed by atoms with E-state index in [2.05, 4.69) is 10.6 Å². The normalized spacial score (nSPS) is 24.3. The van der Waals surface area contributed by atoms with Gasteiger partial charge in [0.2, 0.25) is 0 Å². The molecule has 1 spiro atoms. The van der Waals surface area contributed by atoms with Crippen LogP contribution in [0.5, 0.6) is 0 Å². The van der Waals surface area contributed by atoms with E-state index in [1.807, 2.05) is 20.8 Å². The maximum atomic E-state index is 11.8. The van der Waals surface area contributed by atoms with Gasteiger partial charge in [0.15, 0.2) is 0 Å². The van der Waals surface area contributed by atoms with Crippen molar-refractivity contribution in [3.05, 3.63) is 0 Å². The number of ether oxygens (including phenoxy) is 1. The lowest BCUT2D eigenvalue weighted by atomic mass is 9.80. The van der Waals surface area contributed by atoms with E-state index < -0.39 is 5.60 Å². The summed E-state index contributed by atoms with van der Waals surface area (Å²) in [7, 11) is 0. The number of aliphatic hydroxyl groups is 1. The highest BCUT2D eigenvalue weighted by molar-refractivity contribution is 5.68. The molecule has 3 aliphatic rings. The van der Waals surface area contributed by atoms with Crippen LogP contribution in [0.3, 0.4) is 0 Å². The summed E-state index contributed by atoms with van der Waals surface area (Å²) < 4.78 is 5.30. The molecule has 1 amide bonds. The average molecular weight is 371 g/mol. The van der Waals surface area contributed by atoms with Gasteiger partial charge in [0, 0.05) is 30.8 Å². The predicted molar refractivity (Wildman–Crippen MR) is 103 cm³/mol. The summed E-state index contributed by atoms with van der Waals surface area (Å²) in [5, 5.41) is 15.8. The quantitative estimate of drug-likeness (QED) is 0.583. The van der Waals surface area contributed by atoms with Gasteiger partial charge in [-0.05, 0) is 78.9 Å². The molecule has 3 rings (SSSR count). The monoisotopic (exact) mass is 370 g/mol. The molecular formula is C19H38N4O3. The van der Waals surface area contributed by atoms with Gasteiger partial charge in [0.25, 0.3) is 0 Å². The fraction of sp³-hybridized carbons (Fsp3) is 0.947. The summed E-state index contributed by atoms with van der Waals surface area (Å²) in [4.78, 5) is 13.5. The molecule has 3 fully saturated rings. The Morgan fingerprint density at radius 3 is 2.08 bits per heavy atom. The minimum Gasteiger partial charge on any atom is -0.444 e. The number of piperidine rings is 2. The molecule has 0 bridgehead atoms. The van der Waals surface area contributed by atoms with Gasteiger partial charge in [-0.15, -0.1) is 0 Å². The molecule has 3 aliphatic heterocycles. The van der Waals surface area contributed by atoms with E-state index >= 15 is 0 Å². The molecule has 0 radical (unpaired) electrons. The Kier molecular flexibility index (Phi) is 7.30. The smallest absolute Gasteiger partial charge is 0.410 e. The van der Waals surface area contributed by atoms with Crippen LogP contribution in [0.25, 0.3) is 0 Å². The first-order valence-corrected chi connectivity index (χ1v) is 10.0. The van der Waals surface area contributed by atoms with Gasteiger partial charge in [-0.2, -0.15) is 0 Å². The van der Waals surface area contributed by atoms with E-state index in [0.717, 1.165) is 0 Å². The van der Waals surface area contributed by atoms with E-state index in [9.17, 15) is 4.79 Å². The average Bonchev–Trinajstić information content (AvgIpc) is 2.54. The summed E-state index contributed by atoms with van der Waals surface area (Å²) in [6.45, 7) is 10.6. The van der Waals surface area contributed by atoms with Crippen molar-refractivity contribution in [1.29, 1.82) is 0 Å². The number of carbonyl (C=O) groups excluding carboxylic acids is 1. The molecule has 0 aromatic rings. The van der Waals surface area contributed by atoms with E-state index in [1.165, 1.54) is 38.9 Å². The van der Waals surface area contributed by atoms with E-state index in [0.29, 0.717) is 37.9 Å². The molecule has 152 valence electrons. The predicted octanol–water partition coefficient (Wildman–Crippen LogP) is 1.20. The Morgan fingerprint density at radius 1 is 1.12 bits per heavy atom. The van der Waals surface area contributed by atoms with Crippen molar-refractivity contribution in [2.45, 2.75) is 76.0 Å². The van der Waals surface area contributed by atoms with E-state index in [1.54, 1.807) is 4.90 Å². The van der Waals surface area contributed by atoms with Crippen molar-refractivity contribution in [1.82, 2.24) is 15.5 Å². The number of nitrogens with one attached hydrogen (secondary N) is 2. The van der Waals surface area contributed by atoms with Gasteiger partial charge in [-0.1, -0.05) is 0 Å². The van der Waals surface area contributed by atoms with Crippen molar-refractivity contribution < 1.29 is 14.6 Å². The molecule has 7 heteroatoms.